The fourth-order valence-corrected chi connectivity index (χ4v) is 4.57. The maximum Gasteiger partial charge on any atom is 0.251 e. The van der Waals surface area contributed by atoms with Gasteiger partial charge < -0.3 is 10.1 Å². The van der Waals surface area contributed by atoms with Crippen molar-refractivity contribution in [1.82, 2.24) is 10.7 Å². The molecule has 164 valence electrons. The van der Waals surface area contributed by atoms with E-state index in [9.17, 15) is 9.59 Å². The summed E-state index contributed by atoms with van der Waals surface area (Å²) < 4.78 is 6.80. The van der Waals surface area contributed by atoms with Gasteiger partial charge in [-0.25, -0.2) is 5.43 Å². The Morgan fingerprint density at radius 3 is 2.19 bits per heavy atom. The quantitative estimate of drug-likeness (QED) is 0.293. The first kappa shape index (κ1) is 23.7. The van der Waals surface area contributed by atoms with Gasteiger partial charge in [-0.2, -0.15) is 5.10 Å². The largest absolute Gasteiger partial charge is 0.494 e. The molecule has 0 aliphatic heterocycles. The van der Waals surface area contributed by atoms with Crippen LogP contribution in [-0.4, -0.2) is 25.1 Å². The standard InChI is InChI=1S/C24H21Br2N3O3/c1-32-23-19(25)12-16(13-20(23)26)15-27-29-22(30)14-21(17-8-4-2-5-9-17)28-24(31)18-10-6-3-7-11-18/h2-13,15,21H,14H2,1H3,(H,28,31)(H,29,30)/b27-15-/t21-/m0/s1. The minimum atomic E-state index is -0.497. The third-order valence-corrected chi connectivity index (χ3v) is 5.74. The second kappa shape index (κ2) is 11.6. The average molecular weight is 559 g/mol. The molecule has 2 amide bonds. The normalized spacial score (nSPS) is 11.7. The summed E-state index contributed by atoms with van der Waals surface area (Å²) >= 11 is 6.87. The van der Waals surface area contributed by atoms with Crippen LogP contribution in [0.25, 0.3) is 0 Å². The zero-order valence-corrected chi connectivity index (χ0v) is 20.4. The van der Waals surface area contributed by atoms with Crippen LogP contribution in [0, 0.1) is 0 Å². The van der Waals surface area contributed by atoms with E-state index in [1.807, 2.05) is 48.5 Å². The van der Waals surface area contributed by atoms with Crippen LogP contribution in [0.5, 0.6) is 5.75 Å². The van der Waals surface area contributed by atoms with Gasteiger partial charge in [0.2, 0.25) is 5.91 Å². The first-order valence-corrected chi connectivity index (χ1v) is 11.3. The first-order chi connectivity index (χ1) is 15.5. The molecule has 0 bridgehead atoms. The molecule has 0 aliphatic rings. The Labute approximate surface area is 203 Å². The molecular weight excluding hydrogens is 538 g/mol. The molecule has 0 fully saturated rings. The van der Waals surface area contributed by atoms with E-state index in [1.54, 1.807) is 31.4 Å². The number of nitrogens with one attached hydrogen (secondary N) is 2. The number of rotatable bonds is 8. The topological polar surface area (TPSA) is 79.8 Å². The highest BCUT2D eigenvalue weighted by Crippen LogP contribution is 2.33. The zero-order valence-electron chi connectivity index (χ0n) is 17.2. The first-order valence-electron chi connectivity index (χ1n) is 9.73. The number of benzene rings is 3. The predicted molar refractivity (Wildman–Crippen MR) is 132 cm³/mol. The molecule has 32 heavy (non-hydrogen) atoms. The van der Waals surface area contributed by atoms with E-state index in [0.717, 1.165) is 20.1 Å². The molecule has 0 spiro atoms. The number of hydrogen-bond acceptors (Lipinski definition) is 4. The number of hydrazone groups is 1. The van der Waals surface area contributed by atoms with Gasteiger partial charge in [0.15, 0.2) is 0 Å². The van der Waals surface area contributed by atoms with E-state index in [2.05, 4.69) is 47.7 Å². The molecule has 0 radical (unpaired) electrons. The van der Waals surface area contributed by atoms with Crippen molar-refractivity contribution in [3.05, 3.63) is 98.4 Å². The summed E-state index contributed by atoms with van der Waals surface area (Å²) in [4.78, 5) is 25.2. The van der Waals surface area contributed by atoms with Crippen LogP contribution in [0.2, 0.25) is 0 Å². The van der Waals surface area contributed by atoms with E-state index in [-0.39, 0.29) is 18.2 Å². The number of hydrogen-bond donors (Lipinski definition) is 2. The summed E-state index contributed by atoms with van der Waals surface area (Å²) in [6.45, 7) is 0. The van der Waals surface area contributed by atoms with Crippen LogP contribution in [0.4, 0.5) is 0 Å². The number of methoxy groups -OCH3 is 1. The second-order valence-electron chi connectivity index (χ2n) is 6.82. The lowest BCUT2D eigenvalue weighted by atomic mass is 10.0. The molecule has 0 saturated carbocycles. The van der Waals surface area contributed by atoms with Crippen molar-refractivity contribution in [2.45, 2.75) is 12.5 Å². The fourth-order valence-electron chi connectivity index (χ4n) is 3.03. The van der Waals surface area contributed by atoms with Crippen molar-refractivity contribution in [3.8, 4) is 5.75 Å². The van der Waals surface area contributed by atoms with Crippen molar-refractivity contribution >= 4 is 49.9 Å². The molecule has 0 aromatic heterocycles. The monoisotopic (exact) mass is 557 g/mol. The lowest BCUT2D eigenvalue weighted by molar-refractivity contribution is -0.121. The molecule has 3 aromatic rings. The van der Waals surface area contributed by atoms with Gasteiger partial charge in [0, 0.05) is 5.56 Å². The van der Waals surface area contributed by atoms with Gasteiger partial charge in [-0.3, -0.25) is 9.59 Å². The Morgan fingerprint density at radius 1 is 1.00 bits per heavy atom. The molecule has 8 heteroatoms. The molecule has 2 N–H and O–H groups in total. The molecular formula is C24H21Br2N3O3. The Bertz CT molecular complexity index is 1080. The summed E-state index contributed by atoms with van der Waals surface area (Å²) in [7, 11) is 1.58. The minimum absolute atomic E-state index is 0.0376. The van der Waals surface area contributed by atoms with Crippen LogP contribution >= 0.6 is 31.9 Å². The van der Waals surface area contributed by atoms with E-state index in [0.29, 0.717) is 11.3 Å². The third kappa shape index (κ3) is 6.51. The van der Waals surface area contributed by atoms with E-state index >= 15 is 0 Å². The lowest BCUT2D eigenvalue weighted by Crippen LogP contribution is -2.32. The van der Waals surface area contributed by atoms with Crippen LogP contribution in [0.1, 0.15) is 33.9 Å². The maximum atomic E-state index is 12.6. The summed E-state index contributed by atoms with van der Waals surface area (Å²) in [6.07, 6.45) is 1.57. The van der Waals surface area contributed by atoms with Crippen molar-refractivity contribution in [3.63, 3.8) is 0 Å². The van der Waals surface area contributed by atoms with Crippen LogP contribution < -0.4 is 15.5 Å². The highest BCUT2D eigenvalue weighted by Gasteiger charge is 2.19. The number of nitrogens with zero attached hydrogens (tertiary/aromatic N) is 1. The van der Waals surface area contributed by atoms with Gasteiger partial charge in [-0.1, -0.05) is 48.5 Å². The van der Waals surface area contributed by atoms with Crippen molar-refractivity contribution in [2.75, 3.05) is 7.11 Å². The van der Waals surface area contributed by atoms with Crippen LogP contribution in [0.15, 0.2) is 86.8 Å². The summed E-state index contributed by atoms with van der Waals surface area (Å²) in [5.41, 5.74) is 4.66. The van der Waals surface area contributed by atoms with E-state index in [1.165, 1.54) is 6.21 Å². The van der Waals surface area contributed by atoms with E-state index in [4.69, 9.17) is 4.74 Å². The minimum Gasteiger partial charge on any atom is -0.494 e. The van der Waals surface area contributed by atoms with E-state index < -0.39 is 6.04 Å². The van der Waals surface area contributed by atoms with Gasteiger partial charge in [0.05, 0.1) is 34.7 Å². The smallest absolute Gasteiger partial charge is 0.251 e. The third-order valence-electron chi connectivity index (χ3n) is 4.56. The summed E-state index contributed by atoms with van der Waals surface area (Å²) in [5.74, 6) is 0.102. The van der Waals surface area contributed by atoms with Gasteiger partial charge >= 0.3 is 0 Å². The number of carbonyl (C=O) groups excluding carboxylic acids is 2. The average Bonchev–Trinajstić information content (AvgIpc) is 2.79. The second-order valence-corrected chi connectivity index (χ2v) is 8.53. The Kier molecular flexibility index (Phi) is 8.58. The molecule has 3 rings (SSSR count). The lowest BCUT2D eigenvalue weighted by Gasteiger charge is -2.18. The van der Waals surface area contributed by atoms with Crippen LogP contribution in [-0.2, 0) is 4.79 Å². The molecule has 3 aromatic carbocycles. The Balaban J connectivity index is 1.67. The number of halogens is 2. The van der Waals surface area contributed by atoms with Gasteiger partial charge in [-0.05, 0) is 67.3 Å². The molecule has 1 atom stereocenters. The predicted octanol–water partition coefficient (Wildman–Crippen LogP) is 5.23. The van der Waals surface area contributed by atoms with Crippen LogP contribution in [0.3, 0.4) is 0 Å². The van der Waals surface area contributed by atoms with Gasteiger partial charge in [0.25, 0.3) is 5.91 Å². The highest BCUT2D eigenvalue weighted by molar-refractivity contribution is 9.11. The SMILES string of the molecule is COc1c(Br)cc(/C=N\NC(=O)C[C@H](NC(=O)c2ccccc2)c2ccccc2)cc1Br. The maximum absolute atomic E-state index is 12.6. The number of amides is 2. The summed E-state index contributed by atoms with van der Waals surface area (Å²) in [5, 5.41) is 6.98. The van der Waals surface area contributed by atoms with Gasteiger partial charge in [-0.15, -0.1) is 0 Å². The number of carbonyl (C=O) groups is 2. The number of ether oxygens (including phenoxy) is 1. The van der Waals surface area contributed by atoms with Crippen molar-refractivity contribution in [2.24, 2.45) is 5.10 Å². The van der Waals surface area contributed by atoms with Crippen molar-refractivity contribution in [1.29, 1.82) is 0 Å². The summed E-state index contributed by atoms with van der Waals surface area (Å²) in [6, 6.07) is 21.4. The molecule has 0 heterocycles. The zero-order chi connectivity index (χ0) is 22.9. The molecule has 0 aliphatic carbocycles. The molecule has 0 saturated heterocycles. The highest BCUT2D eigenvalue weighted by atomic mass is 79.9. The Morgan fingerprint density at radius 2 is 1.59 bits per heavy atom. The molecule has 6 nitrogen and oxygen atoms in total. The van der Waals surface area contributed by atoms with Crippen molar-refractivity contribution < 1.29 is 14.3 Å². The Hall–Kier alpha value is -2.97. The fraction of sp³-hybridized carbons (Fsp3) is 0.125. The van der Waals surface area contributed by atoms with Gasteiger partial charge in [0.1, 0.15) is 5.75 Å². The molecule has 0 unspecified atom stereocenters.